The monoisotopic (exact) mass is 566 g/mol. The number of hydrogen-bond donors (Lipinski definition) is 0. The van der Waals surface area contributed by atoms with Gasteiger partial charge in [0.1, 0.15) is 5.75 Å². The average molecular weight is 567 g/mol. The van der Waals surface area contributed by atoms with Crippen LogP contribution in [0.1, 0.15) is 133 Å². The maximum absolute atomic E-state index is 6.76. The average Bonchev–Trinajstić information content (AvgIpc) is 3.04. The fourth-order valence-corrected chi connectivity index (χ4v) is 7.27. The van der Waals surface area contributed by atoms with Crippen molar-refractivity contribution >= 4 is 0 Å². The van der Waals surface area contributed by atoms with Gasteiger partial charge < -0.3 is 4.74 Å². The molecule has 0 atom stereocenters. The molecule has 0 unspecified atom stereocenters. The zero-order valence-electron chi connectivity index (χ0n) is 28.0. The number of ether oxygens (including phenoxy) is 1. The van der Waals surface area contributed by atoms with Crippen LogP contribution in [0, 0.1) is 11.3 Å². The molecular weight excluding hydrogens is 508 g/mol. The Kier molecular flexibility index (Phi) is 11.8. The molecule has 0 heterocycles. The Balaban J connectivity index is 1.48. The molecule has 42 heavy (non-hydrogen) atoms. The molecule has 1 nitrogen and oxygen atoms in total. The van der Waals surface area contributed by atoms with Crippen LogP contribution in [0.15, 0.2) is 54.6 Å². The standard InChI is InChI=1S/C41H58O/c1-8-33-28-39(37(9-2)38(10-3)40(33)42-29-41(11-4,12-5)13-6)36-26-20-32(21-27-36)17-16-31-18-24-35(25-19-31)34-22-14-30(7)15-23-34/h18-21,24-28,30,34H,8-17,22-23,29H2,1-7H3. The van der Waals surface area contributed by atoms with Gasteiger partial charge in [0.2, 0.25) is 0 Å². The van der Waals surface area contributed by atoms with Crippen LogP contribution < -0.4 is 4.74 Å². The van der Waals surface area contributed by atoms with E-state index in [4.69, 9.17) is 4.74 Å². The Morgan fingerprint density at radius 2 is 1.21 bits per heavy atom. The normalized spacial score (nSPS) is 17.4. The summed E-state index contributed by atoms with van der Waals surface area (Å²) in [6, 6.07) is 21.4. The highest BCUT2D eigenvalue weighted by Crippen LogP contribution is 2.40. The lowest BCUT2D eigenvalue weighted by molar-refractivity contribution is 0.126. The maximum Gasteiger partial charge on any atom is 0.125 e. The predicted octanol–water partition coefficient (Wildman–Crippen LogP) is 11.7. The van der Waals surface area contributed by atoms with E-state index in [1.54, 1.807) is 5.56 Å². The molecule has 0 aromatic heterocycles. The number of benzene rings is 3. The Morgan fingerprint density at radius 1 is 0.667 bits per heavy atom. The van der Waals surface area contributed by atoms with E-state index in [1.165, 1.54) is 89.6 Å². The van der Waals surface area contributed by atoms with E-state index in [-0.39, 0.29) is 5.41 Å². The Labute approximate surface area is 258 Å². The molecule has 1 aliphatic rings. The first-order valence-corrected chi connectivity index (χ1v) is 17.4. The van der Waals surface area contributed by atoms with Gasteiger partial charge >= 0.3 is 0 Å². The van der Waals surface area contributed by atoms with E-state index in [9.17, 15) is 0 Å². The highest BCUT2D eigenvalue weighted by Gasteiger charge is 2.27. The molecule has 0 saturated heterocycles. The molecule has 1 saturated carbocycles. The fraction of sp³-hybridized carbons (Fsp3) is 0.561. The third kappa shape index (κ3) is 7.50. The minimum atomic E-state index is 0.271. The van der Waals surface area contributed by atoms with Gasteiger partial charge in [0.15, 0.2) is 0 Å². The zero-order chi connectivity index (χ0) is 30.1. The van der Waals surface area contributed by atoms with Crippen molar-refractivity contribution in [3.05, 3.63) is 88.0 Å². The summed E-state index contributed by atoms with van der Waals surface area (Å²) in [5, 5.41) is 0. The molecule has 1 aliphatic carbocycles. The largest absolute Gasteiger partial charge is 0.492 e. The second-order valence-electron chi connectivity index (χ2n) is 13.2. The number of aryl methyl sites for hydroxylation is 3. The molecule has 0 aliphatic heterocycles. The van der Waals surface area contributed by atoms with E-state index in [1.807, 2.05) is 0 Å². The Morgan fingerprint density at radius 3 is 1.71 bits per heavy atom. The molecule has 3 aromatic carbocycles. The summed E-state index contributed by atoms with van der Waals surface area (Å²) in [6.07, 6.45) is 14.2. The van der Waals surface area contributed by atoms with Gasteiger partial charge in [-0.25, -0.2) is 0 Å². The van der Waals surface area contributed by atoms with Crippen molar-refractivity contribution in [2.45, 2.75) is 131 Å². The zero-order valence-corrected chi connectivity index (χ0v) is 28.0. The van der Waals surface area contributed by atoms with Gasteiger partial charge in [-0.3, -0.25) is 0 Å². The molecule has 0 spiro atoms. The van der Waals surface area contributed by atoms with Gasteiger partial charge in [0, 0.05) is 5.41 Å². The van der Waals surface area contributed by atoms with Crippen LogP contribution in [0.3, 0.4) is 0 Å². The molecule has 228 valence electrons. The predicted molar refractivity (Wildman–Crippen MR) is 183 cm³/mol. The van der Waals surface area contributed by atoms with Crippen LogP contribution in [0.25, 0.3) is 11.1 Å². The van der Waals surface area contributed by atoms with E-state index < -0.39 is 0 Å². The van der Waals surface area contributed by atoms with E-state index in [2.05, 4.69) is 103 Å². The van der Waals surface area contributed by atoms with Crippen molar-refractivity contribution in [1.82, 2.24) is 0 Å². The van der Waals surface area contributed by atoms with Crippen molar-refractivity contribution in [2.75, 3.05) is 6.61 Å². The molecule has 0 amide bonds. The summed E-state index contributed by atoms with van der Waals surface area (Å²) >= 11 is 0. The molecule has 3 aromatic rings. The van der Waals surface area contributed by atoms with E-state index >= 15 is 0 Å². The lowest BCUT2D eigenvalue weighted by Crippen LogP contribution is -2.27. The van der Waals surface area contributed by atoms with Crippen LogP contribution in [0.5, 0.6) is 5.75 Å². The maximum atomic E-state index is 6.76. The topological polar surface area (TPSA) is 9.23 Å². The van der Waals surface area contributed by atoms with Crippen molar-refractivity contribution in [1.29, 1.82) is 0 Å². The first kappa shape index (κ1) is 32.4. The van der Waals surface area contributed by atoms with Crippen LogP contribution in [-0.2, 0) is 32.1 Å². The third-order valence-corrected chi connectivity index (χ3v) is 10.9. The van der Waals surface area contributed by atoms with Crippen molar-refractivity contribution in [3.63, 3.8) is 0 Å². The molecule has 1 heteroatoms. The highest BCUT2D eigenvalue weighted by atomic mass is 16.5. The molecule has 0 N–H and O–H groups in total. The number of hydrogen-bond acceptors (Lipinski definition) is 1. The summed E-state index contributed by atoms with van der Waals surface area (Å²) in [5.74, 6) is 2.85. The quantitative estimate of drug-likeness (QED) is 0.188. The smallest absolute Gasteiger partial charge is 0.125 e. The van der Waals surface area contributed by atoms with E-state index in [0.717, 1.165) is 50.5 Å². The summed E-state index contributed by atoms with van der Waals surface area (Å²) in [7, 11) is 0. The molecule has 4 rings (SSSR count). The van der Waals surface area contributed by atoms with Crippen LogP contribution in [0.2, 0.25) is 0 Å². The molecule has 1 fully saturated rings. The summed E-state index contributed by atoms with van der Waals surface area (Å²) in [6.45, 7) is 17.0. The number of rotatable bonds is 14. The lowest BCUT2D eigenvalue weighted by Gasteiger charge is -2.32. The van der Waals surface area contributed by atoms with Gasteiger partial charge in [-0.05, 0) is 127 Å². The second kappa shape index (κ2) is 15.3. The minimum absolute atomic E-state index is 0.271. The van der Waals surface area contributed by atoms with Gasteiger partial charge in [-0.2, -0.15) is 0 Å². The summed E-state index contributed by atoms with van der Waals surface area (Å²) < 4.78 is 6.76. The minimum Gasteiger partial charge on any atom is -0.492 e. The SMILES string of the molecule is CCc1cc(-c2ccc(CCc3ccc(C4CCC(C)CC4)cc3)cc2)c(CC)c(CC)c1OCC(CC)(CC)CC. The van der Waals surface area contributed by atoms with Gasteiger partial charge in [0.05, 0.1) is 6.61 Å². The first-order valence-electron chi connectivity index (χ1n) is 17.4. The van der Waals surface area contributed by atoms with Gasteiger partial charge in [-0.1, -0.05) is 110 Å². The summed E-state index contributed by atoms with van der Waals surface area (Å²) in [5.41, 5.74) is 11.7. The van der Waals surface area contributed by atoms with Crippen LogP contribution in [-0.4, -0.2) is 6.61 Å². The fourth-order valence-electron chi connectivity index (χ4n) is 7.27. The summed E-state index contributed by atoms with van der Waals surface area (Å²) in [4.78, 5) is 0. The highest BCUT2D eigenvalue weighted by molar-refractivity contribution is 5.72. The molecule has 0 radical (unpaired) electrons. The van der Waals surface area contributed by atoms with Gasteiger partial charge in [0.25, 0.3) is 0 Å². The Hall–Kier alpha value is -2.54. The van der Waals surface area contributed by atoms with Crippen molar-refractivity contribution in [3.8, 4) is 16.9 Å². The van der Waals surface area contributed by atoms with Gasteiger partial charge in [-0.15, -0.1) is 0 Å². The van der Waals surface area contributed by atoms with Crippen molar-refractivity contribution < 1.29 is 4.74 Å². The third-order valence-electron chi connectivity index (χ3n) is 10.9. The molecule has 0 bridgehead atoms. The van der Waals surface area contributed by atoms with E-state index in [0.29, 0.717) is 0 Å². The van der Waals surface area contributed by atoms with Crippen LogP contribution in [0.4, 0.5) is 0 Å². The molecular formula is C41H58O. The first-order chi connectivity index (χ1) is 20.4. The lowest BCUT2D eigenvalue weighted by atomic mass is 9.79. The second-order valence-corrected chi connectivity index (χ2v) is 13.2. The van der Waals surface area contributed by atoms with Crippen molar-refractivity contribution in [2.24, 2.45) is 11.3 Å². The Bertz CT molecular complexity index is 1230. The van der Waals surface area contributed by atoms with Crippen LogP contribution >= 0.6 is 0 Å².